The van der Waals surface area contributed by atoms with E-state index >= 15 is 0 Å². The summed E-state index contributed by atoms with van der Waals surface area (Å²) >= 11 is 0. The number of ether oxygens (including phenoxy) is 1. The molecule has 2 aromatic rings. The molecule has 0 aliphatic carbocycles. The van der Waals surface area contributed by atoms with Crippen LogP contribution in [0, 0.1) is 5.82 Å². The number of rotatable bonds is 6. The number of nitrogens with zero attached hydrogens (tertiary/aromatic N) is 1. The van der Waals surface area contributed by atoms with Crippen LogP contribution >= 0.6 is 0 Å². The van der Waals surface area contributed by atoms with Crippen molar-refractivity contribution in [2.75, 3.05) is 12.4 Å². The highest BCUT2D eigenvalue weighted by molar-refractivity contribution is 5.49. The number of benzene rings is 1. The molecule has 0 unspecified atom stereocenters. The summed E-state index contributed by atoms with van der Waals surface area (Å²) in [6.45, 7) is 3.88. The highest BCUT2D eigenvalue weighted by Gasteiger charge is 2.04. The van der Waals surface area contributed by atoms with E-state index < -0.39 is 0 Å². The van der Waals surface area contributed by atoms with Gasteiger partial charge < -0.3 is 14.6 Å². The van der Waals surface area contributed by atoms with Gasteiger partial charge in [0, 0.05) is 30.2 Å². The molecule has 0 radical (unpaired) electrons. The van der Waals surface area contributed by atoms with Crippen LogP contribution in [0.1, 0.15) is 19.0 Å². The second-order valence-electron chi connectivity index (χ2n) is 4.40. The number of nitrogens with one attached hydrogen (secondary N) is 1. The molecule has 102 valence electrons. The maximum atomic E-state index is 13.3. The summed E-state index contributed by atoms with van der Waals surface area (Å²) in [6, 6.07) is 8.92. The largest absolute Gasteiger partial charge is 0.494 e. The number of hydrogen-bond acceptors (Lipinski definition) is 2. The van der Waals surface area contributed by atoms with Crippen molar-refractivity contribution in [2.24, 2.45) is 0 Å². The minimum Gasteiger partial charge on any atom is -0.494 e. The van der Waals surface area contributed by atoms with E-state index in [1.54, 1.807) is 12.1 Å². The Kier molecular flexibility index (Phi) is 4.44. The molecule has 0 atom stereocenters. The number of aryl methyl sites for hydroxylation is 1. The van der Waals surface area contributed by atoms with Crippen molar-refractivity contribution in [3.63, 3.8) is 0 Å². The first-order chi connectivity index (χ1) is 9.24. The number of methoxy groups -OCH3 is 1. The van der Waals surface area contributed by atoms with Crippen LogP contribution < -0.4 is 10.1 Å². The minimum atomic E-state index is -0.345. The number of anilines is 1. The van der Waals surface area contributed by atoms with Gasteiger partial charge in [0.2, 0.25) is 0 Å². The average molecular weight is 262 g/mol. The minimum absolute atomic E-state index is 0.258. The molecule has 1 aromatic heterocycles. The molecular formula is C15H19FN2O. The molecule has 1 aromatic carbocycles. The van der Waals surface area contributed by atoms with Crippen LogP contribution in [0.25, 0.3) is 0 Å². The van der Waals surface area contributed by atoms with Gasteiger partial charge in [0.05, 0.1) is 13.7 Å². The molecule has 4 heteroatoms. The van der Waals surface area contributed by atoms with Gasteiger partial charge in [-0.3, -0.25) is 0 Å². The summed E-state index contributed by atoms with van der Waals surface area (Å²) in [5.41, 5.74) is 2.06. The van der Waals surface area contributed by atoms with Crippen molar-refractivity contribution >= 4 is 5.69 Å². The van der Waals surface area contributed by atoms with Gasteiger partial charge in [-0.05, 0) is 30.7 Å². The van der Waals surface area contributed by atoms with E-state index in [1.807, 2.05) is 6.07 Å². The fourth-order valence-electron chi connectivity index (χ4n) is 2.03. The zero-order valence-corrected chi connectivity index (χ0v) is 11.3. The van der Waals surface area contributed by atoms with Gasteiger partial charge in [-0.1, -0.05) is 6.92 Å². The van der Waals surface area contributed by atoms with Crippen molar-refractivity contribution in [1.29, 1.82) is 0 Å². The Morgan fingerprint density at radius 2 is 2.16 bits per heavy atom. The summed E-state index contributed by atoms with van der Waals surface area (Å²) in [5, 5.41) is 3.28. The van der Waals surface area contributed by atoms with Gasteiger partial charge in [-0.25, -0.2) is 4.39 Å². The lowest BCUT2D eigenvalue weighted by Crippen LogP contribution is -2.07. The zero-order chi connectivity index (χ0) is 13.7. The van der Waals surface area contributed by atoms with E-state index in [1.165, 1.54) is 18.9 Å². The van der Waals surface area contributed by atoms with Crippen molar-refractivity contribution in [3.8, 4) is 5.75 Å². The molecule has 3 nitrogen and oxygen atoms in total. The van der Waals surface area contributed by atoms with E-state index in [-0.39, 0.29) is 11.6 Å². The van der Waals surface area contributed by atoms with E-state index in [0.29, 0.717) is 6.54 Å². The lowest BCUT2D eigenvalue weighted by molar-refractivity contribution is 0.387. The predicted molar refractivity (Wildman–Crippen MR) is 75.0 cm³/mol. The molecular weight excluding hydrogens is 243 g/mol. The molecule has 2 rings (SSSR count). The average Bonchev–Trinajstić information content (AvgIpc) is 2.86. The molecule has 0 spiro atoms. The third-order valence-electron chi connectivity index (χ3n) is 3.01. The van der Waals surface area contributed by atoms with Crippen molar-refractivity contribution in [2.45, 2.75) is 26.4 Å². The molecule has 0 saturated heterocycles. The van der Waals surface area contributed by atoms with Gasteiger partial charge in [0.1, 0.15) is 0 Å². The van der Waals surface area contributed by atoms with Gasteiger partial charge in [-0.2, -0.15) is 0 Å². The third-order valence-corrected chi connectivity index (χ3v) is 3.01. The van der Waals surface area contributed by atoms with Crippen LogP contribution in [0.4, 0.5) is 10.1 Å². The highest BCUT2D eigenvalue weighted by Crippen LogP contribution is 2.21. The van der Waals surface area contributed by atoms with Crippen molar-refractivity contribution in [1.82, 2.24) is 4.57 Å². The summed E-state index contributed by atoms with van der Waals surface area (Å²) in [6.07, 6.45) is 3.18. The third kappa shape index (κ3) is 3.28. The van der Waals surface area contributed by atoms with E-state index in [9.17, 15) is 4.39 Å². The molecule has 0 amide bonds. The quantitative estimate of drug-likeness (QED) is 0.860. The fourth-order valence-corrected chi connectivity index (χ4v) is 2.03. The topological polar surface area (TPSA) is 26.2 Å². The van der Waals surface area contributed by atoms with Crippen LogP contribution in [0.15, 0.2) is 36.5 Å². The van der Waals surface area contributed by atoms with Gasteiger partial charge in [0.25, 0.3) is 0 Å². The highest BCUT2D eigenvalue weighted by atomic mass is 19.1. The molecule has 0 aliphatic rings. The molecule has 0 aliphatic heterocycles. The van der Waals surface area contributed by atoms with Gasteiger partial charge in [-0.15, -0.1) is 0 Å². The second-order valence-corrected chi connectivity index (χ2v) is 4.40. The molecule has 19 heavy (non-hydrogen) atoms. The van der Waals surface area contributed by atoms with Gasteiger partial charge >= 0.3 is 0 Å². The van der Waals surface area contributed by atoms with Crippen LogP contribution in [0.5, 0.6) is 5.75 Å². The summed E-state index contributed by atoms with van der Waals surface area (Å²) in [7, 11) is 1.47. The van der Waals surface area contributed by atoms with E-state index in [4.69, 9.17) is 4.74 Å². The Morgan fingerprint density at radius 3 is 2.89 bits per heavy atom. The Hall–Kier alpha value is -1.97. The van der Waals surface area contributed by atoms with Gasteiger partial charge in [0.15, 0.2) is 11.6 Å². The first-order valence-corrected chi connectivity index (χ1v) is 6.46. The number of hydrogen-bond donors (Lipinski definition) is 1. The Labute approximate surface area is 113 Å². The smallest absolute Gasteiger partial charge is 0.165 e. The SMILES string of the molecule is CCCn1cccc1CNc1ccc(F)c(OC)c1. The van der Waals surface area contributed by atoms with Crippen molar-refractivity contribution < 1.29 is 9.13 Å². The molecule has 0 saturated carbocycles. The van der Waals surface area contributed by atoms with E-state index in [0.717, 1.165) is 18.7 Å². The maximum Gasteiger partial charge on any atom is 0.165 e. The van der Waals surface area contributed by atoms with Crippen LogP contribution in [0.3, 0.4) is 0 Å². The molecule has 1 heterocycles. The van der Waals surface area contributed by atoms with E-state index in [2.05, 4.69) is 29.1 Å². The van der Waals surface area contributed by atoms with Crippen LogP contribution in [-0.2, 0) is 13.1 Å². The lowest BCUT2D eigenvalue weighted by atomic mass is 10.2. The Balaban J connectivity index is 2.04. The monoisotopic (exact) mass is 262 g/mol. The first kappa shape index (κ1) is 13.5. The summed E-state index contributed by atoms with van der Waals surface area (Å²) < 4.78 is 20.5. The molecule has 0 bridgehead atoms. The molecule has 0 fully saturated rings. The predicted octanol–water partition coefficient (Wildman–Crippen LogP) is 3.66. The lowest BCUT2D eigenvalue weighted by Gasteiger charge is -2.11. The number of halogens is 1. The van der Waals surface area contributed by atoms with Crippen molar-refractivity contribution in [3.05, 3.63) is 48.0 Å². The maximum absolute atomic E-state index is 13.3. The standard InChI is InChI=1S/C15H19FN2O/c1-3-8-18-9-4-5-13(18)11-17-12-6-7-14(16)15(10-12)19-2/h4-7,9-10,17H,3,8,11H2,1-2H3. The summed E-state index contributed by atoms with van der Waals surface area (Å²) in [5.74, 6) is -0.0867. The zero-order valence-electron chi connectivity index (χ0n) is 11.3. The first-order valence-electron chi connectivity index (χ1n) is 6.46. The molecule has 1 N–H and O–H groups in total. The van der Waals surface area contributed by atoms with Crippen LogP contribution in [0.2, 0.25) is 0 Å². The number of aromatic nitrogens is 1. The Morgan fingerprint density at radius 1 is 1.32 bits per heavy atom. The normalized spacial score (nSPS) is 10.5. The fraction of sp³-hybridized carbons (Fsp3) is 0.333. The van der Waals surface area contributed by atoms with Crippen LogP contribution in [-0.4, -0.2) is 11.7 Å². The second kappa shape index (κ2) is 6.27. The Bertz CT molecular complexity index is 537. The summed E-state index contributed by atoms with van der Waals surface area (Å²) in [4.78, 5) is 0.